The number of hydrogen-bond donors (Lipinski definition) is 0. The number of methoxy groups -OCH3 is 1. The standard InChI is InChI=1S/C18H18F2N4OS/c1-22(10-13-7-8-14(19)9-15(13)20)12-24-18(26)23(11-21-24)16-5-3-4-6-17(16)25-2/h3-9,11H,10,12H2,1-2H3. The molecule has 3 aromatic rings. The first kappa shape index (κ1) is 18.2. The van der Waals surface area contributed by atoms with Crippen molar-refractivity contribution in [1.82, 2.24) is 19.2 Å². The Morgan fingerprint density at radius 2 is 1.96 bits per heavy atom. The zero-order valence-corrected chi connectivity index (χ0v) is 15.2. The van der Waals surface area contributed by atoms with Crippen molar-refractivity contribution < 1.29 is 13.5 Å². The van der Waals surface area contributed by atoms with E-state index in [4.69, 9.17) is 17.0 Å². The smallest absolute Gasteiger partial charge is 0.203 e. The fraction of sp³-hybridized carbons (Fsp3) is 0.222. The highest BCUT2D eigenvalue weighted by Gasteiger charge is 2.11. The van der Waals surface area contributed by atoms with Gasteiger partial charge < -0.3 is 4.74 Å². The van der Waals surface area contributed by atoms with Gasteiger partial charge >= 0.3 is 0 Å². The van der Waals surface area contributed by atoms with Gasteiger partial charge in [0.2, 0.25) is 4.77 Å². The molecule has 0 spiro atoms. The van der Waals surface area contributed by atoms with Crippen molar-refractivity contribution in [2.75, 3.05) is 14.2 Å². The van der Waals surface area contributed by atoms with Crippen LogP contribution in [-0.2, 0) is 13.2 Å². The van der Waals surface area contributed by atoms with Gasteiger partial charge in [-0.15, -0.1) is 0 Å². The van der Waals surface area contributed by atoms with Crippen LogP contribution in [-0.4, -0.2) is 33.4 Å². The fourth-order valence-corrected chi connectivity index (χ4v) is 2.90. The molecule has 0 aliphatic rings. The number of nitrogens with zero attached hydrogens (tertiary/aromatic N) is 4. The third-order valence-electron chi connectivity index (χ3n) is 3.91. The Balaban J connectivity index is 1.79. The van der Waals surface area contributed by atoms with Crippen molar-refractivity contribution in [3.05, 3.63) is 70.8 Å². The molecular weight excluding hydrogens is 358 g/mol. The zero-order valence-electron chi connectivity index (χ0n) is 14.4. The second-order valence-electron chi connectivity index (χ2n) is 5.85. The number of rotatable bonds is 6. The van der Waals surface area contributed by atoms with Gasteiger partial charge in [0.25, 0.3) is 0 Å². The number of hydrogen-bond acceptors (Lipinski definition) is 4. The Hall–Kier alpha value is -2.58. The van der Waals surface area contributed by atoms with E-state index in [-0.39, 0.29) is 0 Å². The lowest BCUT2D eigenvalue weighted by atomic mass is 10.2. The molecular formula is C18H18F2N4OS. The van der Waals surface area contributed by atoms with Gasteiger partial charge in [0, 0.05) is 18.2 Å². The van der Waals surface area contributed by atoms with E-state index in [1.807, 2.05) is 36.2 Å². The van der Waals surface area contributed by atoms with Crippen LogP contribution in [0.4, 0.5) is 8.78 Å². The molecule has 5 nitrogen and oxygen atoms in total. The SMILES string of the molecule is COc1ccccc1-n1cnn(CN(C)Cc2ccc(F)cc2F)c1=S. The average molecular weight is 376 g/mol. The number of aromatic nitrogens is 3. The maximum Gasteiger partial charge on any atom is 0.203 e. The first-order valence-corrected chi connectivity index (χ1v) is 8.30. The van der Waals surface area contributed by atoms with Crippen LogP contribution >= 0.6 is 12.2 Å². The quantitative estimate of drug-likeness (QED) is 0.614. The number of halogens is 2. The highest BCUT2D eigenvalue weighted by Crippen LogP contribution is 2.22. The highest BCUT2D eigenvalue weighted by molar-refractivity contribution is 7.71. The van der Waals surface area contributed by atoms with Gasteiger partial charge in [-0.1, -0.05) is 18.2 Å². The lowest BCUT2D eigenvalue weighted by Gasteiger charge is -2.17. The largest absolute Gasteiger partial charge is 0.495 e. The van der Waals surface area contributed by atoms with Gasteiger partial charge in [-0.25, -0.2) is 13.5 Å². The predicted molar refractivity (Wildman–Crippen MR) is 96.8 cm³/mol. The van der Waals surface area contributed by atoms with Crippen molar-refractivity contribution in [2.24, 2.45) is 0 Å². The summed E-state index contributed by atoms with van der Waals surface area (Å²) in [7, 11) is 3.41. The summed E-state index contributed by atoms with van der Waals surface area (Å²) in [6.45, 7) is 0.660. The molecule has 3 rings (SSSR count). The van der Waals surface area contributed by atoms with E-state index < -0.39 is 11.6 Å². The number of para-hydroxylation sites is 2. The summed E-state index contributed by atoms with van der Waals surface area (Å²) in [5.41, 5.74) is 1.20. The van der Waals surface area contributed by atoms with Crippen LogP contribution in [0.1, 0.15) is 5.56 Å². The summed E-state index contributed by atoms with van der Waals surface area (Å²) in [5.74, 6) is -0.475. The monoisotopic (exact) mass is 376 g/mol. The summed E-state index contributed by atoms with van der Waals surface area (Å²) in [6, 6.07) is 11.1. The molecule has 0 saturated carbocycles. The molecule has 0 amide bonds. The molecule has 0 bridgehead atoms. The van der Waals surface area contributed by atoms with Crippen molar-refractivity contribution in [3.8, 4) is 11.4 Å². The Morgan fingerprint density at radius 1 is 1.19 bits per heavy atom. The molecule has 1 heterocycles. The molecule has 26 heavy (non-hydrogen) atoms. The van der Waals surface area contributed by atoms with Crippen LogP contribution in [0.3, 0.4) is 0 Å². The molecule has 2 aromatic carbocycles. The van der Waals surface area contributed by atoms with Gasteiger partial charge in [0.15, 0.2) is 0 Å². The first-order valence-electron chi connectivity index (χ1n) is 7.90. The normalized spacial score (nSPS) is 11.1. The summed E-state index contributed by atoms with van der Waals surface area (Å²) in [4.78, 5) is 1.84. The van der Waals surface area contributed by atoms with Crippen LogP contribution in [0.2, 0.25) is 0 Å². The van der Waals surface area contributed by atoms with Gasteiger partial charge in [0.1, 0.15) is 23.7 Å². The summed E-state index contributed by atoms with van der Waals surface area (Å²) < 4.78 is 36.1. The van der Waals surface area contributed by atoms with Crippen LogP contribution in [0.25, 0.3) is 5.69 Å². The van der Waals surface area contributed by atoms with Crippen molar-refractivity contribution in [2.45, 2.75) is 13.2 Å². The Kier molecular flexibility index (Phi) is 5.43. The molecule has 0 aliphatic carbocycles. The second kappa shape index (κ2) is 7.76. The highest BCUT2D eigenvalue weighted by atomic mass is 32.1. The molecule has 136 valence electrons. The molecule has 8 heteroatoms. The van der Waals surface area contributed by atoms with E-state index in [2.05, 4.69) is 5.10 Å². The minimum atomic E-state index is -0.591. The van der Waals surface area contributed by atoms with E-state index in [9.17, 15) is 8.78 Å². The molecule has 0 saturated heterocycles. The van der Waals surface area contributed by atoms with E-state index in [0.717, 1.165) is 11.8 Å². The van der Waals surface area contributed by atoms with E-state index in [1.54, 1.807) is 22.7 Å². The van der Waals surface area contributed by atoms with Gasteiger partial charge in [-0.3, -0.25) is 9.47 Å². The first-order chi connectivity index (χ1) is 12.5. The molecule has 0 fully saturated rings. The molecule has 1 aromatic heterocycles. The topological polar surface area (TPSA) is 35.2 Å². The van der Waals surface area contributed by atoms with Crippen molar-refractivity contribution in [1.29, 1.82) is 0 Å². The van der Waals surface area contributed by atoms with Crippen LogP contribution in [0.5, 0.6) is 5.75 Å². The molecule has 0 N–H and O–H groups in total. The Morgan fingerprint density at radius 3 is 2.69 bits per heavy atom. The third kappa shape index (κ3) is 3.81. The zero-order chi connectivity index (χ0) is 18.7. The van der Waals surface area contributed by atoms with Crippen LogP contribution < -0.4 is 4.74 Å². The minimum absolute atomic E-state index is 0.301. The number of ether oxygens (including phenoxy) is 1. The van der Waals surface area contributed by atoms with Gasteiger partial charge in [0.05, 0.1) is 19.5 Å². The summed E-state index contributed by atoms with van der Waals surface area (Å²) in [6.07, 6.45) is 1.62. The molecule has 0 aliphatic heterocycles. The second-order valence-corrected chi connectivity index (χ2v) is 6.21. The maximum atomic E-state index is 13.8. The van der Waals surface area contributed by atoms with Gasteiger partial charge in [-0.05, 0) is 37.5 Å². The summed E-state index contributed by atoms with van der Waals surface area (Å²) in [5, 5.41) is 4.31. The number of benzene rings is 2. The van der Waals surface area contributed by atoms with Gasteiger partial charge in [-0.2, -0.15) is 5.10 Å². The van der Waals surface area contributed by atoms with Crippen molar-refractivity contribution >= 4 is 12.2 Å². The minimum Gasteiger partial charge on any atom is -0.495 e. The van der Waals surface area contributed by atoms with Crippen LogP contribution in [0.15, 0.2) is 48.8 Å². The van der Waals surface area contributed by atoms with E-state index in [1.165, 1.54) is 12.1 Å². The lowest BCUT2D eigenvalue weighted by Crippen LogP contribution is -2.23. The third-order valence-corrected chi connectivity index (χ3v) is 4.32. The molecule has 0 atom stereocenters. The van der Waals surface area contributed by atoms with E-state index >= 15 is 0 Å². The van der Waals surface area contributed by atoms with E-state index in [0.29, 0.717) is 29.3 Å². The summed E-state index contributed by atoms with van der Waals surface area (Å²) >= 11 is 5.50. The Bertz CT molecular complexity index is 970. The lowest BCUT2D eigenvalue weighted by molar-refractivity contribution is 0.241. The predicted octanol–water partition coefficient (Wildman–Crippen LogP) is 3.78. The molecule has 0 unspecified atom stereocenters. The average Bonchev–Trinajstić information content (AvgIpc) is 2.98. The molecule has 0 radical (unpaired) electrons. The maximum absolute atomic E-state index is 13.8. The van der Waals surface area contributed by atoms with Crippen LogP contribution in [0, 0.1) is 16.4 Å². The fourth-order valence-electron chi connectivity index (χ4n) is 2.65. The Labute approximate surface area is 155 Å². The van der Waals surface area contributed by atoms with Crippen molar-refractivity contribution in [3.63, 3.8) is 0 Å².